The molecule has 4 rings (SSSR count). The molecule has 7 heteroatoms. The molecule has 126 valence electrons. The van der Waals surface area contributed by atoms with Crippen LogP contribution in [0.5, 0.6) is 0 Å². The number of thiazole rings is 1. The number of hydrogen-bond acceptors (Lipinski definition) is 5. The molecule has 3 aromatic rings. The summed E-state index contributed by atoms with van der Waals surface area (Å²) in [6.07, 6.45) is 1.59. The van der Waals surface area contributed by atoms with Crippen LogP contribution in [0.15, 0.2) is 53.4 Å². The molecule has 0 saturated carbocycles. The van der Waals surface area contributed by atoms with E-state index in [2.05, 4.69) is 4.98 Å². The third kappa shape index (κ3) is 2.82. The van der Waals surface area contributed by atoms with E-state index in [1.165, 1.54) is 24.3 Å². The van der Waals surface area contributed by atoms with E-state index >= 15 is 0 Å². The minimum atomic E-state index is -3.61. The van der Waals surface area contributed by atoms with Crippen LogP contribution in [0.1, 0.15) is 29.5 Å². The predicted molar refractivity (Wildman–Crippen MR) is 96.6 cm³/mol. The van der Waals surface area contributed by atoms with Crippen molar-refractivity contribution in [3.8, 4) is 6.07 Å². The summed E-state index contributed by atoms with van der Waals surface area (Å²) in [6, 6.07) is 15.7. The second kappa shape index (κ2) is 6.23. The standard InChI is InChI=1S/C18H15N3O2S2/c19-12-13-7-9-14(10-8-13)25(22,23)21-11-3-5-16(21)18-20-15-4-1-2-6-17(15)24-18/h1-2,4,6-10,16H,3,5,11H2. The van der Waals surface area contributed by atoms with Crippen LogP contribution in [0.2, 0.25) is 0 Å². The van der Waals surface area contributed by atoms with E-state index < -0.39 is 10.0 Å². The number of fused-ring (bicyclic) bond motifs is 1. The lowest BCUT2D eigenvalue weighted by molar-refractivity contribution is 0.396. The first-order valence-electron chi connectivity index (χ1n) is 7.97. The molecule has 0 radical (unpaired) electrons. The van der Waals surface area contributed by atoms with Gasteiger partial charge in [0.05, 0.1) is 32.8 Å². The molecule has 1 fully saturated rings. The molecular formula is C18H15N3O2S2. The summed E-state index contributed by atoms with van der Waals surface area (Å²) in [5.74, 6) is 0. The van der Waals surface area contributed by atoms with E-state index in [-0.39, 0.29) is 10.9 Å². The number of hydrogen-bond donors (Lipinski definition) is 0. The Morgan fingerprint density at radius 2 is 1.92 bits per heavy atom. The Morgan fingerprint density at radius 3 is 2.64 bits per heavy atom. The summed E-state index contributed by atoms with van der Waals surface area (Å²) >= 11 is 1.56. The van der Waals surface area contributed by atoms with Gasteiger partial charge < -0.3 is 0 Å². The molecule has 1 aliphatic heterocycles. The minimum absolute atomic E-state index is 0.222. The molecule has 0 bridgehead atoms. The van der Waals surface area contributed by atoms with Crippen molar-refractivity contribution in [1.82, 2.24) is 9.29 Å². The molecule has 1 saturated heterocycles. The van der Waals surface area contributed by atoms with Gasteiger partial charge in [0.25, 0.3) is 0 Å². The molecule has 2 aromatic carbocycles. The highest BCUT2D eigenvalue weighted by Gasteiger charge is 2.37. The molecule has 1 atom stereocenters. The van der Waals surface area contributed by atoms with Crippen molar-refractivity contribution >= 4 is 31.6 Å². The van der Waals surface area contributed by atoms with E-state index in [4.69, 9.17) is 5.26 Å². The Labute approximate surface area is 150 Å². The minimum Gasteiger partial charge on any atom is -0.239 e. The monoisotopic (exact) mass is 369 g/mol. The second-order valence-corrected chi connectivity index (χ2v) is 8.88. The summed E-state index contributed by atoms with van der Waals surface area (Å²) in [4.78, 5) is 4.87. The van der Waals surface area contributed by atoms with Crippen LogP contribution >= 0.6 is 11.3 Å². The first-order chi connectivity index (χ1) is 12.1. The first kappa shape index (κ1) is 16.2. The molecule has 1 aromatic heterocycles. The summed E-state index contributed by atoms with van der Waals surface area (Å²) in [7, 11) is -3.61. The first-order valence-corrected chi connectivity index (χ1v) is 10.2. The Bertz CT molecular complexity index is 1030. The van der Waals surface area contributed by atoms with Crippen LogP contribution in [0, 0.1) is 11.3 Å². The zero-order chi connectivity index (χ0) is 17.4. The van der Waals surface area contributed by atoms with Crippen molar-refractivity contribution in [3.05, 3.63) is 59.1 Å². The quantitative estimate of drug-likeness (QED) is 0.706. The molecule has 5 nitrogen and oxygen atoms in total. The van der Waals surface area contributed by atoms with Gasteiger partial charge in [0, 0.05) is 6.54 Å². The number of nitrogens with zero attached hydrogens (tertiary/aromatic N) is 3. The lowest BCUT2D eigenvalue weighted by Gasteiger charge is -2.22. The Hall–Kier alpha value is -2.27. The van der Waals surface area contributed by atoms with Crippen LogP contribution in [0.3, 0.4) is 0 Å². The van der Waals surface area contributed by atoms with E-state index in [1.54, 1.807) is 15.6 Å². The van der Waals surface area contributed by atoms with E-state index in [9.17, 15) is 8.42 Å². The zero-order valence-electron chi connectivity index (χ0n) is 13.3. The summed E-state index contributed by atoms with van der Waals surface area (Å²) in [5.41, 5.74) is 1.35. The van der Waals surface area contributed by atoms with E-state index in [1.807, 2.05) is 30.3 Å². The van der Waals surface area contributed by atoms with Crippen molar-refractivity contribution in [3.63, 3.8) is 0 Å². The van der Waals surface area contributed by atoms with Gasteiger partial charge in [-0.25, -0.2) is 13.4 Å². The second-order valence-electron chi connectivity index (χ2n) is 5.93. The van der Waals surface area contributed by atoms with Gasteiger partial charge in [-0.1, -0.05) is 12.1 Å². The molecule has 2 heterocycles. The van der Waals surface area contributed by atoms with E-state index in [0.717, 1.165) is 28.1 Å². The van der Waals surface area contributed by atoms with Gasteiger partial charge in [-0.05, 0) is 49.2 Å². The number of benzene rings is 2. The Balaban J connectivity index is 1.71. The number of aromatic nitrogens is 1. The van der Waals surface area contributed by atoms with Gasteiger partial charge in [-0.3, -0.25) is 0 Å². The van der Waals surface area contributed by atoms with Crippen LogP contribution in [0.25, 0.3) is 10.2 Å². The normalized spacial score (nSPS) is 18.4. The predicted octanol–water partition coefficient (Wildman–Crippen LogP) is 3.69. The SMILES string of the molecule is N#Cc1ccc(S(=O)(=O)N2CCCC2c2nc3ccccc3s2)cc1. The lowest BCUT2D eigenvalue weighted by atomic mass is 10.2. The van der Waals surface area contributed by atoms with Crippen LogP contribution in [-0.2, 0) is 10.0 Å². The topological polar surface area (TPSA) is 74.1 Å². The van der Waals surface area contributed by atoms with Gasteiger partial charge >= 0.3 is 0 Å². The maximum atomic E-state index is 13.1. The number of nitriles is 1. The van der Waals surface area contributed by atoms with Crippen molar-refractivity contribution < 1.29 is 8.42 Å². The van der Waals surface area contributed by atoms with Crippen LogP contribution < -0.4 is 0 Å². The fourth-order valence-corrected chi connectivity index (χ4v) is 5.99. The molecule has 1 unspecified atom stereocenters. The average Bonchev–Trinajstić information content (AvgIpc) is 3.28. The molecule has 0 N–H and O–H groups in total. The fraction of sp³-hybridized carbons (Fsp3) is 0.222. The highest BCUT2D eigenvalue weighted by Crippen LogP contribution is 2.39. The van der Waals surface area contributed by atoms with Crippen molar-refractivity contribution in [1.29, 1.82) is 5.26 Å². The summed E-state index contributed by atoms with van der Waals surface area (Å²) in [5, 5.41) is 9.73. The lowest BCUT2D eigenvalue weighted by Crippen LogP contribution is -2.30. The molecule has 25 heavy (non-hydrogen) atoms. The summed E-state index contributed by atoms with van der Waals surface area (Å²) in [6.45, 7) is 0.489. The van der Waals surface area contributed by atoms with Gasteiger partial charge in [-0.15, -0.1) is 11.3 Å². The zero-order valence-corrected chi connectivity index (χ0v) is 14.9. The molecular weight excluding hydrogens is 354 g/mol. The maximum absolute atomic E-state index is 13.1. The molecule has 0 amide bonds. The van der Waals surface area contributed by atoms with Crippen LogP contribution in [-0.4, -0.2) is 24.3 Å². The number of rotatable bonds is 3. The number of para-hydroxylation sites is 1. The van der Waals surface area contributed by atoms with Crippen molar-refractivity contribution in [2.45, 2.75) is 23.8 Å². The smallest absolute Gasteiger partial charge is 0.239 e. The van der Waals surface area contributed by atoms with Gasteiger partial charge in [-0.2, -0.15) is 9.57 Å². The van der Waals surface area contributed by atoms with Crippen molar-refractivity contribution in [2.24, 2.45) is 0 Å². The summed E-state index contributed by atoms with van der Waals surface area (Å²) < 4.78 is 28.7. The molecule has 0 aliphatic carbocycles. The van der Waals surface area contributed by atoms with Gasteiger partial charge in [0.1, 0.15) is 5.01 Å². The average molecular weight is 369 g/mol. The largest absolute Gasteiger partial charge is 0.243 e. The Morgan fingerprint density at radius 1 is 1.16 bits per heavy atom. The van der Waals surface area contributed by atoms with Crippen LogP contribution in [0.4, 0.5) is 0 Å². The van der Waals surface area contributed by atoms with E-state index in [0.29, 0.717) is 12.1 Å². The van der Waals surface area contributed by atoms with Crippen molar-refractivity contribution in [2.75, 3.05) is 6.54 Å². The highest BCUT2D eigenvalue weighted by atomic mass is 32.2. The van der Waals surface area contributed by atoms with Gasteiger partial charge in [0.2, 0.25) is 10.0 Å². The third-order valence-corrected chi connectivity index (χ3v) is 7.45. The number of sulfonamides is 1. The fourth-order valence-electron chi connectivity index (χ4n) is 3.14. The molecule has 1 aliphatic rings. The van der Waals surface area contributed by atoms with Gasteiger partial charge in [0.15, 0.2) is 0 Å². The maximum Gasteiger partial charge on any atom is 0.243 e. The Kier molecular flexibility index (Phi) is 4.04. The highest BCUT2D eigenvalue weighted by molar-refractivity contribution is 7.89. The molecule has 0 spiro atoms. The third-order valence-electron chi connectivity index (χ3n) is 4.39.